The average Bonchev–Trinajstić information content (AvgIpc) is 2.64. The molecule has 2 nitrogen and oxygen atoms in total. The van der Waals surface area contributed by atoms with Gasteiger partial charge in [0.1, 0.15) is 0 Å². The predicted octanol–water partition coefficient (Wildman–Crippen LogP) is 7.34. The zero-order valence-corrected chi connectivity index (χ0v) is 19.7. The SMILES string of the molecule is CCCCCCCCC(CCCCCCCC)CCC(=O)O[SiH2]CCC. The molecule has 156 valence electrons. The molecule has 0 saturated heterocycles. The van der Waals surface area contributed by atoms with E-state index in [9.17, 15) is 4.79 Å². The van der Waals surface area contributed by atoms with E-state index in [1.54, 1.807) is 0 Å². The number of hydrogen-bond donors (Lipinski definition) is 0. The zero-order chi connectivity index (χ0) is 19.3. The van der Waals surface area contributed by atoms with E-state index >= 15 is 0 Å². The minimum atomic E-state index is -0.587. The van der Waals surface area contributed by atoms with Crippen molar-refractivity contribution >= 4 is 15.7 Å². The van der Waals surface area contributed by atoms with E-state index < -0.39 is 9.76 Å². The fourth-order valence-electron chi connectivity index (χ4n) is 3.58. The van der Waals surface area contributed by atoms with Gasteiger partial charge >= 0.3 is 0 Å². The van der Waals surface area contributed by atoms with Crippen LogP contribution in [0.2, 0.25) is 6.04 Å². The van der Waals surface area contributed by atoms with Gasteiger partial charge in [-0.25, -0.2) is 0 Å². The monoisotopic (exact) mass is 384 g/mol. The lowest BCUT2D eigenvalue weighted by atomic mass is 9.90. The summed E-state index contributed by atoms with van der Waals surface area (Å²) in [6.07, 6.45) is 22.0. The highest BCUT2D eigenvalue weighted by atomic mass is 28.2. The predicted molar refractivity (Wildman–Crippen MR) is 118 cm³/mol. The molecule has 0 fully saturated rings. The first-order valence-electron chi connectivity index (χ1n) is 11.9. The molecule has 0 radical (unpaired) electrons. The third-order valence-electron chi connectivity index (χ3n) is 5.45. The summed E-state index contributed by atoms with van der Waals surface area (Å²) in [5.41, 5.74) is 0. The summed E-state index contributed by atoms with van der Waals surface area (Å²) < 4.78 is 5.47. The Bertz CT molecular complexity index is 278. The average molecular weight is 385 g/mol. The van der Waals surface area contributed by atoms with E-state index in [4.69, 9.17) is 4.43 Å². The van der Waals surface area contributed by atoms with Crippen molar-refractivity contribution < 1.29 is 9.22 Å². The van der Waals surface area contributed by atoms with Gasteiger partial charge in [-0.2, -0.15) is 0 Å². The molecular formula is C23H48O2Si. The Hall–Kier alpha value is -0.313. The van der Waals surface area contributed by atoms with Crippen molar-refractivity contribution in [3.05, 3.63) is 0 Å². The van der Waals surface area contributed by atoms with Gasteiger partial charge < -0.3 is 4.43 Å². The van der Waals surface area contributed by atoms with Crippen LogP contribution in [0.3, 0.4) is 0 Å². The van der Waals surface area contributed by atoms with E-state index in [2.05, 4.69) is 20.8 Å². The molecule has 0 aliphatic rings. The number of carbonyl (C=O) groups excluding carboxylic acids is 1. The Labute approximate surface area is 167 Å². The molecule has 0 atom stereocenters. The van der Waals surface area contributed by atoms with Gasteiger partial charge in [0.05, 0.1) is 0 Å². The van der Waals surface area contributed by atoms with Crippen molar-refractivity contribution in [1.82, 2.24) is 0 Å². The van der Waals surface area contributed by atoms with Gasteiger partial charge in [0.25, 0.3) is 5.97 Å². The molecule has 0 aromatic carbocycles. The Kier molecular flexibility index (Phi) is 20.7. The first-order chi connectivity index (χ1) is 12.7. The molecular weight excluding hydrogens is 336 g/mol. The second-order valence-electron chi connectivity index (χ2n) is 8.09. The minimum absolute atomic E-state index is 0.0843. The van der Waals surface area contributed by atoms with Gasteiger partial charge in [0, 0.05) is 6.42 Å². The van der Waals surface area contributed by atoms with Crippen LogP contribution in [0.15, 0.2) is 0 Å². The molecule has 0 spiro atoms. The Morgan fingerprint density at radius 3 is 1.69 bits per heavy atom. The Morgan fingerprint density at radius 1 is 0.692 bits per heavy atom. The summed E-state index contributed by atoms with van der Waals surface area (Å²) in [7, 11) is -0.587. The van der Waals surface area contributed by atoms with Gasteiger partial charge in [-0.1, -0.05) is 117 Å². The molecule has 0 aliphatic carbocycles. The minimum Gasteiger partial charge on any atom is -0.525 e. The second kappa shape index (κ2) is 21.0. The molecule has 26 heavy (non-hydrogen) atoms. The standard InChI is InChI=1S/C23H48O2Si/c1-4-7-9-11-13-15-17-22(18-16-14-12-10-8-5-2)19-20-23(24)25-26-21-6-3/h22H,4-21,26H2,1-3H3. The first kappa shape index (κ1) is 25.7. The van der Waals surface area contributed by atoms with Crippen LogP contribution in [0.5, 0.6) is 0 Å². The smallest absolute Gasteiger partial charge is 0.292 e. The van der Waals surface area contributed by atoms with Crippen LogP contribution in [0.4, 0.5) is 0 Å². The molecule has 0 rings (SSSR count). The highest BCUT2D eigenvalue weighted by Crippen LogP contribution is 2.23. The summed E-state index contributed by atoms with van der Waals surface area (Å²) in [5.74, 6) is 0.828. The number of carbonyl (C=O) groups is 1. The van der Waals surface area contributed by atoms with Crippen LogP contribution in [0.1, 0.15) is 130 Å². The molecule has 0 unspecified atom stereocenters. The summed E-state index contributed by atoms with van der Waals surface area (Å²) in [6.45, 7) is 6.72. The summed E-state index contributed by atoms with van der Waals surface area (Å²) in [5, 5.41) is 0. The van der Waals surface area contributed by atoms with E-state index in [-0.39, 0.29) is 5.97 Å². The van der Waals surface area contributed by atoms with Crippen LogP contribution in [-0.2, 0) is 9.22 Å². The summed E-state index contributed by atoms with van der Waals surface area (Å²) in [6, 6.07) is 1.13. The third-order valence-corrected chi connectivity index (χ3v) is 6.97. The van der Waals surface area contributed by atoms with Crippen LogP contribution in [0, 0.1) is 5.92 Å². The van der Waals surface area contributed by atoms with Crippen molar-refractivity contribution in [2.45, 2.75) is 136 Å². The fourth-order valence-corrected chi connectivity index (χ4v) is 4.39. The molecule has 0 heterocycles. The Balaban J connectivity index is 3.96. The molecule has 0 aromatic rings. The molecule has 0 N–H and O–H groups in total. The molecule has 3 heteroatoms. The quantitative estimate of drug-likeness (QED) is 0.162. The topological polar surface area (TPSA) is 26.3 Å². The summed E-state index contributed by atoms with van der Waals surface area (Å²) >= 11 is 0. The van der Waals surface area contributed by atoms with E-state index in [1.165, 1.54) is 89.9 Å². The van der Waals surface area contributed by atoms with Gasteiger partial charge in [0.2, 0.25) is 9.76 Å². The van der Waals surface area contributed by atoms with Crippen LogP contribution in [-0.4, -0.2) is 15.7 Å². The first-order valence-corrected chi connectivity index (χ1v) is 13.5. The molecule has 0 aliphatic heterocycles. The number of rotatable bonds is 20. The van der Waals surface area contributed by atoms with Gasteiger partial charge in [-0.3, -0.25) is 4.79 Å². The van der Waals surface area contributed by atoms with Crippen LogP contribution < -0.4 is 0 Å². The van der Waals surface area contributed by atoms with Gasteiger partial charge in [-0.05, 0) is 18.4 Å². The van der Waals surface area contributed by atoms with E-state index in [0.29, 0.717) is 6.42 Å². The van der Waals surface area contributed by atoms with E-state index in [0.717, 1.165) is 24.8 Å². The molecule has 0 amide bonds. The van der Waals surface area contributed by atoms with Crippen LogP contribution in [0.25, 0.3) is 0 Å². The van der Waals surface area contributed by atoms with Crippen LogP contribution >= 0.6 is 0 Å². The van der Waals surface area contributed by atoms with Crippen molar-refractivity contribution in [2.24, 2.45) is 5.92 Å². The fraction of sp³-hybridized carbons (Fsp3) is 0.957. The second-order valence-corrected chi connectivity index (χ2v) is 9.50. The lowest BCUT2D eigenvalue weighted by Gasteiger charge is -2.17. The van der Waals surface area contributed by atoms with Gasteiger partial charge in [-0.15, -0.1) is 0 Å². The van der Waals surface area contributed by atoms with Gasteiger partial charge in [0.15, 0.2) is 0 Å². The Morgan fingerprint density at radius 2 is 1.19 bits per heavy atom. The normalized spacial score (nSPS) is 11.7. The number of unbranched alkanes of at least 4 members (excludes halogenated alkanes) is 10. The number of hydrogen-bond acceptors (Lipinski definition) is 2. The largest absolute Gasteiger partial charge is 0.525 e. The van der Waals surface area contributed by atoms with E-state index in [1.807, 2.05) is 0 Å². The lowest BCUT2D eigenvalue weighted by molar-refractivity contribution is -0.134. The van der Waals surface area contributed by atoms with Crippen molar-refractivity contribution in [1.29, 1.82) is 0 Å². The highest BCUT2D eigenvalue weighted by Gasteiger charge is 2.12. The maximum Gasteiger partial charge on any atom is 0.292 e. The molecule has 0 aromatic heterocycles. The maximum absolute atomic E-state index is 11.9. The molecule has 0 saturated carbocycles. The maximum atomic E-state index is 11.9. The summed E-state index contributed by atoms with van der Waals surface area (Å²) in [4.78, 5) is 11.9. The zero-order valence-electron chi connectivity index (χ0n) is 18.3. The molecule has 0 bridgehead atoms. The van der Waals surface area contributed by atoms with Crippen molar-refractivity contribution in [2.75, 3.05) is 0 Å². The lowest BCUT2D eigenvalue weighted by Crippen LogP contribution is -2.11. The van der Waals surface area contributed by atoms with Crippen molar-refractivity contribution in [3.63, 3.8) is 0 Å². The third kappa shape index (κ3) is 18.5. The highest BCUT2D eigenvalue weighted by molar-refractivity contribution is 6.30. The van der Waals surface area contributed by atoms with Crippen molar-refractivity contribution in [3.8, 4) is 0 Å².